The van der Waals surface area contributed by atoms with Gasteiger partial charge in [0, 0.05) is 26.8 Å². The molecule has 0 bridgehead atoms. The Hall–Kier alpha value is -0.770. The summed E-state index contributed by atoms with van der Waals surface area (Å²) in [6.07, 6.45) is 4.00. The number of rotatable bonds is 7. The third-order valence-corrected chi connectivity index (χ3v) is 7.15. The molecule has 0 saturated carbocycles. The number of thioether (sulfide) groups is 2. The number of methoxy groups -OCH3 is 1. The van der Waals surface area contributed by atoms with Crippen LogP contribution in [-0.2, 0) is 14.4 Å². The van der Waals surface area contributed by atoms with Crippen molar-refractivity contribution in [1.82, 2.24) is 5.32 Å². The van der Waals surface area contributed by atoms with E-state index in [1.54, 1.807) is 7.11 Å². The fourth-order valence-corrected chi connectivity index (χ4v) is 6.47. The lowest BCUT2D eigenvalue weighted by Crippen LogP contribution is -2.34. The van der Waals surface area contributed by atoms with Gasteiger partial charge in [0.15, 0.2) is 0 Å². The maximum absolute atomic E-state index is 11.9. The summed E-state index contributed by atoms with van der Waals surface area (Å²) < 4.78 is 7.08. The van der Waals surface area contributed by atoms with Crippen LogP contribution in [0.25, 0.3) is 0 Å². The van der Waals surface area contributed by atoms with E-state index in [-0.39, 0.29) is 0 Å². The molecule has 1 heterocycles. The third kappa shape index (κ3) is 4.15. The third-order valence-electron chi connectivity index (χ3n) is 3.80. The summed E-state index contributed by atoms with van der Waals surface area (Å²) in [5, 5.41) is 2.65. The molecule has 0 spiro atoms. The van der Waals surface area contributed by atoms with Crippen molar-refractivity contribution in [3.05, 3.63) is 36.6 Å². The summed E-state index contributed by atoms with van der Waals surface area (Å²) in [6.45, 7) is 0. The highest BCUT2D eigenvalue weighted by Crippen LogP contribution is 2.52. The van der Waals surface area contributed by atoms with E-state index >= 15 is 0 Å². The Balaban J connectivity index is 2.76. The molecular formula is C16H15Br2NO4S2. The lowest BCUT2D eigenvalue weighted by atomic mass is 9.83. The molecule has 9 heteroatoms. The van der Waals surface area contributed by atoms with E-state index in [9.17, 15) is 14.4 Å². The van der Waals surface area contributed by atoms with Crippen molar-refractivity contribution < 1.29 is 19.1 Å². The molecule has 0 aliphatic carbocycles. The van der Waals surface area contributed by atoms with Crippen LogP contribution in [0.15, 0.2) is 31.0 Å². The first-order chi connectivity index (χ1) is 12.0. The molecule has 1 aromatic rings. The van der Waals surface area contributed by atoms with Gasteiger partial charge in [-0.25, -0.2) is 0 Å². The molecule has 3 atom stereocenters. The van der Waals surface area contributed by atoms with Crippen LogP contribution in [0.3, 0.4) is 0 Å². The number of amides is 1. The smallest absolute Gasteiger partial charge is 0.211 e. The maximum atomic E-state index is 11.9. The second-order valence-electron chi connectivity index (χ2n) is 5.08. The summed E-state index contributed by atoms with van der Waals surface area (Å²) in [7, 11) is 1.55. The Labute approximate surface area is 171 Å². The molecule has 134 valence electrons. The fraction of sp³-hybridized carbons (Fsp3) is 0.312. The van der Waals surface area contributed by atoms with E-state index in [0.717, 1.165) is 32.0 Å². The van der Waals surface area contributed by atoms with Crippen LogP contribution in [0, 0.1) is 5.92 Å². The number of carbonyl (C=O) groups is 3. The number of hydrogen-bond donors (Lipinski definition) is 1. The Bertz CT molecular complexity index is 726. The van der Waals surface area contributed by atoms with Gasteiger partial charge in [-0.1, -0.05) is 27.7 Å². The highest BCUT2D eigenvalue weighted by molar-refractivity contribution is 9.11. The molecule has 1 aliphatic rings. The van der Waals surface area contributed by atoms with Crippen molar-refractivity contribution >= 4 is 74.4 Å². The zero-order chi connectivity index (χ0) is 18.6. The zero-order valence-electron chi connectivity index (χ0n) is 13.3. The molecule has 25 heavy (non-hydrogen) atoms. The number of hydrogen-bond acceptors (Lipinski definition) is 6. The lowest BCUT2D eigenvalue weighted by Gasteiger charge is -2.35. The number of carbonyl (C=O) groups excluding carboxylic acids is 3. The number of aldehydes is 2. The van der Waals surface area contributed by atoms with Crippen molar-refractivity contribution in [2.45, 2.75) is 11.2 Å². The Kier molecular flexibility index (Phi) is 7.60. The minimum Gasteiger partial charge on any atom is -0.495 e. The van der Waals surface area contributed by atoms with Gasteiger partial charge in [0.05, 0.1) is 21.9 Å². The highest BCUT2D eigenvalue weighted by Gasteiger charge is 2.41. The standard InChI is InChI=1S/C16H15Br2NO4S2/c1-23-14-9(3-8(17)4-11(14)18)13-10(5-20)12(6-21)25-16(19-7-22)15(13)24-2/h3-7,10,12-13H,1-2H3,(H,19,22). The predicted octanol–water partition coefficient (Wildman–Crippen LogP) is 3.71. The number of benzene rings is 1. The molecule has 3 unspecified atom stereocenters. The van der Waals surface area contributed by atoms with E-state index in [4.69, 9.17) is 4.74 Å². The van der Waals surface area contributed by atoms with Gasteiger partial charge >= 0.3 is 0 Å². The highest BCUT2D eigenvalue weighted by atomic mass is 79.9. The minimum atomic E-state index is -0.594. The largest absolute Gasteiger partial charge is 0.495 e. The molecule has 1 aliphatic heterocycles. The van der Waals surface area contributed by atoms with Gasteiger partial charge < -0.3 is 19.6 Å². The maximum Gasteiger partial charge on any atom is 0.211 e. The van der Waals surface area contributed by atoms with Crippen molar-refractivity contribution in [2.75, 3.05) is 13.4 Å². The molecular weight excluding hydrogens is 494 g/mol. The summed E-state index contributed by atoms with van der Waals surface area (Å²) in [5.74, 6) is -0.388. The molecule has 0 aromatic heterocycles. The van der Waals surface area contributed by atoms with E-state index in [2.05, 4.69) is 37.2 Å². The Morgan fingerprint density at radius 1 is 1.24 bits per heavy atom. The second kappa shape index (κ2) is 9.25. The lowest BCUT2D eigenvalue weighted by molar-refractivity contribution is -0.115. The molecule has 0 radical (unpaired) electrons. The molecule has 0 fully saturated rings. The topological polar surface area (TPSA) is 72.5 Å². The van der Waals surface area contributed by atoms with E-state index in [0.29, 0.717) is 17.2 Å². The summed E-state index contributed by atoms with van der Waals surface area (Å²) in [6, 6.07) is 3.72. The van der Waals surface area contributed by atoms with Crippen molar-refractivity contribution in [3.63, 3.8) is 0 Å². The fourth-order valence-electron chi connectivity index (χ4n) is 2.81. The van der Waals surface area contributed by atoms with Gasteiger partial charge in [-0.05, 0) is 34.3 Å². The first-order valence-corrected chi connectivity index (χ1v) is 10.8. The van der Waals surface area contributed by atoms with Crippen LogP contribution in [0.4, 0.5) is 0 Å². The van der Waals surface area contributed by atoms with Gasteiger partial charge in [-0.2, -0.15) is 0 Å². The van der Waals surface area contributed by atoms with Gasteiger partial charge in [-0.15, -0.1) is 11.8 Å². The second-order valence-corrected chi connectivity index (χ2v) is 8.89. The Morgan fingerprint density at radius 2 is 1.96 bits per heavy atom. The summed E-state index contributed by atoms with van der Waals surface area (Å²) in [4.78, 5) is 35.2. The molecule has 0 saturated heterocycles. The monoisotopic (exact) mass is 507 g/mol. The first-order valence-electron chi connectivity index (χ1n) is 7.10. The average Bonchev–Trinajstić information content (AvgIpc) is 2.60. The van der Waals surface area contributed by atoms with Crippen molar-refractivity contribution in [1.29, 1.82) is 0 Å². The molecule has 1 aromatic carbocycles. The van der Waals surface area contributed by atoms with Gasteiger partial charge in [0.2, 0.25) is 6.41 Å². The van der Waals surface area contributed by atoms with Crippen molar-refractivity contribution in [3.8, 4) is 5.75 Å². The minimum absolute atomic E-state index is 0.407. The van der Waals surface area contributed by atoms with Crippen LogP contribution >= 0.6 is 55.4 Å². The number of nitrogens with one attached hydrogen (secondary N) is 1. The summed E-state index contributed by atoms with van der Waals surface area (Å²) in [5.41, 5.74) is 0.766. The van der Waals surface area contributed by atoms with Crippen LogP contribution in [0.2, 0.25) is 0 Å². The van der Waals surface area contributed by atoms with Gasteiger partial charge in [0.1, 0.15) is 18.3 Å². The number of allylic oxidation sites excluding steroid dienone is 1. The first kappa shape index (κ1) is 20.5. The molecule has 5 nitrogen and oxygen atoms in total. The molecule has 1 N–H and O–H groups in total. The van der Waals surface area contributed by atoms with Gasteiger partial charge in [-0.3, -0.25) is 4.79 Å². The van der Waals surface area contributed by atoms with E-state index in [1.165, 1.54) is 23.5 Å². The number of ether oxygens (including phenoxy) is 1. The van der Waals surface area contributed by atoms with E-state index in [1.807, 2.05) is 18.4 Å². The zero-order valence-corrected chi connectivity index (χ0v) is 18.1. The van der Waals surface area contributed by atoms with Crippen LogP contribution in [0.1, 0.15) is 11.5 Å². The number of halogens is 2. The quantitative estimate of drug-likeness (QED) is 0.566. The normalized spacial score (nSPS) is 23.1. The van der Waals surface area contributed by atoms with Crippen LogP contribution < -0.4 is 10.1 Å². The SMILES string of the molecule is COc1c(Br)cc(Br)cc1C1C(SC)=C(NC=O)SC(C=O)C1C=O. The van der Waals surface area contributed by atoms with Crippen LogP contribution in [-0.4, -0.2) is 37.6 Å². The Morgan fingerprint density at radius 3 is 2.48 bits per heavy atom. The molecule has 2 rings (SSSR count). The van der Waals surface area contributed by atoms with Gasteiger partial charge in [0.25, 0.3) is 0 Å². The predicted molar refractivity (Wildman–Crippen MR) is 108 cm³/mol. The van der Waals surface area contributed by atoms with E-state index < -0.39 is 17.1 Å². The van der Waals surface area contributed by atoms with Crippen LogP contribution in [0.5, 0.6) is 5.75 Å². The van der Waals surface area contributed by atoms with Crippen molar-refractivity contribution in [2.24, 2.45) is 5.92 Å². The molecule has 1 amide bonds. The average molecular weight is 509 g/mol. The summed E-state index contributed by atoms with van der Waals surface area (Å²) >= 11 is 9.57.